The molecule has 0 bridgehead atoms. The minimum absolute atomic E-state index is 0.608. The summed E-state index contributed by atoms with van der Waals surface area (Å²) in [5.74, 6) is 5.90. The molecular weight excluding hydrogens is 188 g/mol. The molecule has 3 nitrogen and oxygen atoms in total. The van der Waals surface area contributed by atoms with Gasteiger partial charge in [-0.25, -0.2) is 0 Å². The molecule has 0 heterocycles. The maximum absolute atomic E-state index is 5.90. The summed E-state index contributed by atoms with van der Waals surface area (Å²) in [5.41, 5.74) is 3.63. The minimum atomic E-state index is 0.608. The van der Waals surface area contributed by atoms with Crippen molar-refractivity contribution in [2.45, 2.75) is 13.5 Å². The molecule has 0 saturated heterocycles. The minimum Gasteiger partial charge on any atom is -0.492 e. The highest BCUT2D eigenvalue weighted by atomic mass is 35.5. The standard InChI is InChI=1S/C9H13ClN2O/c1-2-13-9-5-7(6-12-11)3-4-8(9)10/h3-5,12H,2,6,11H2,1H3. The number of rotatable bonds is 4. The normalized spacial score (nSPS) is 10.1. The van der Waals surface area contributed by atoms with Gasteiger partial charge in [0.05, 0.1) is 11.6 Å². The van der Waals surface area contributed by atoms with Crippen molar-refractivity contribution in [1.82, 2.24) is 5.43 Å². The van der Waals surface area contributed by atoms with E-state index in [4.69, 9.17) is 22.2 Å². The monoisotopic (exact) mass is 200 g/mol. The second-order valence-corrected chi connectivity index (χ2v) is 2.99. The van der Waals surface area contributed by atoms with Crippen LogP contribution in [0.15, 0.2) is 18.2 Å². The number of hydrogen-bond acceptors (Lipinski definition) is 3. The molecule has 4 heteroatoms. The highest BCUT2D eigenvalue weighted by molar-refractivity contribution is 6.32. The zero-order chi connectivity index (χ0) is 9.68. The first-order chi connectivity index (χ1) is 6.27. The van der Waals surface area contributed by atoms with Gasteiger partial charge in [-0.3, -0.25) is 11.3 Å². The molecule has 0 aliphatic carbocycles. The lowest BCUT2D eigenvalue weighted by molar-refractivity contribution is 0.340. The summed E-state index contributed by atoms with van der Waals surface area (Å²) in [6.45, 7) is 3.14. The van der Waals surface area contributed by atoms with Crippen molar-refractivity contribution in [1.29, 1.82) is 0 Å². The van der Waals surface area contributed by atoms with Gasteiger partial charge >= 0.3 is 0 Å². The average molecular weight is 201 g/mol. The Kier molecular flexibility index (Phi) is 4.02. The third-order valence-corrected chi connectivity index (χ3v) is 1.91. The number of nitrogens with two attached hydrogens (primary N) is 1. The third kappa shape index (κ3) is 2.88. The van der Waals surface area contributed by atoms with E-state index >= 15 is 0 Å². The largest absolute Gasteiger partial charge is 0.492 e. The van der Waals surface area contributed by atoms with Crippen molar-refractivity contribution in [2.75, 3.05) is 6.61 Å². The van der Waals surface area contributed by atoms with Crippen LogP contribution in [0.1, 0.15) is 12.5 Å². The molecule has 1 rings (SSSR count). The predicted molar refractivity (Wildman–Crippen MR) is 53.6 cm³/mol. The van der Waals surface area contributed by atoms with Gasteiger partial charge in [0.25, 0.3) is 0 Å². The lowest BCUT2D eigenvalue weighted by Crippen LogP contribution is -2.20. The molecule has 0 fully saturated rings. The lowest BCUT2D eigenvalue weighted by atomic mass is 10.2. The Balaban J connectivity index is 2.83. The van der Waals surface area contributed by atoms with Crippen LogP contribution >= 0.6 is 11.6 Å². The molecule has 0 atom stereocenters. The van der Waals surface area contributed by atoms with Crippen molar-refractivity contribution in [3.63, 3.8) is 0 Å². The second-order valence-electron chi connectivity index (χ2n) is 2.58. The number of benzene rings is 1. The van der Waals surface area contributed by atoms with Crippen molar-refractivity contribution in [2.24, 2.45) is 5.84 Å². The number of nitrogens with one attached hydrogen (secondary N) is 1. The van der Waals surface area contributed by atoms with E-state index in [1.165, 1.54) is 0 Å². The molecule has 13 heavy (non-hydrogen) atoms. The SMILES string of the molecule is CCOc1cc(CNN)ccc1Cl. The quantitative estimate of drug-likeness (QED) is 0.575. The van der Waals surface area contributed by atoms with Crippen LogP contribution in [0.4, 0.5) is 0 Å². The Labute approximate surface area is 82.8 Å². The van der Waals surface area contributed by atoms with Gasteiger partial charge in [0, 0.05) is 6.54 Å². The fourth-order valence-electron chi connectivity index (χ4n) is 1.04. The van der Waals surface area contributed by atoms with Gasteiger partial charge in [-0.2, -0.15) is 0 Å². The predicted octanol–water partition coefficient (Wildman–Crippen LogP) is 1.70. The summed E-state index contributed by atoms with van der Waals surface area (Å²) in [4.78, 5) is 0. The maximum atomic E-state index is 5.90. The summed E-state index contributed by atoms with van der Waals surface area (Å²) >= 11 is 5.90. The van der Waals surface area contributed by atoms with Crippen molar-refractivity contribution in [3.05, 3.63) is 28.8 Å². The first kappa shape index (κ1) is 10.3. The van der Waals surface area contributed by atoms with E-state index in [9.17, 15) is 0 Å². The summed E-state index contributed by atoms with van der Waals surface area (Å²) in [6, 6.07) is 5.59. The average Bonchev–Trinajstić information content (AvgIpc) is 2.12. The van der Waals surface area contributed by atoms with Crippen LogP contribution in [-0.4, -0.2) is 6.61 Å². The van der Waals surface area contributed by atoms with E-state index in [-0.39, 0.29) is 0 Å². The van der Waals surface area contributed by atoms with E-state index in [0.717, 1.165) is 5.56 Å². The number of ether oxygens (including phenoxy) is 1. The molecule has 0 amide bonds. The number of hydrogen-bond donors (Lipinski definition) is 2. The van der Waals surface area contributed by atoms with Crippen molar-refractivity contribution >= 4 is 11.6 Å². The van der Waals surface area contributed by atoms with E-state index in [2.05, 4.69) is 5.43 Å². The summed E-state index contributed by atoms with van der Waals surface area (Å²) in [7, 11) is 0. The van der Waals surface area contributed by atoms with Gasteiger partial charge in [0.2, 0.25) is 0 Å². The zero-order valence-corrected chi connectivity index (χ0v) is 8.27. The van der Waals surface area contributed by atoms with E-state index in [0.29, 0.717) is 23.9 Å². The van der Waals surface area contributed by atoms with E-state index in [1.807, 2.05) is 19.1 Å². The second kappa shape index (κ2) is 5.07. The van der Waals surface area contributed by atoms with Crippen molar-refractivity contribution in [3.8, 4) is 5.75 Å². The van der Waals surface area contributed by atoms with Crippen LogP contribution in [-0.2, 0) is 6.54 Å². The molecule has 1 aromatic carbocycles. The fraction of sp³-hybridized carbons (Fsp3) is 0.333. The summed E-state index contributed by atoms with van der Waals surface area (Å²) in [5, 5.41) is 0.627. The van der Waals surface area contributed by atoms with Crippen molar-refractivity contribution < 1.29 is 4.74 Å². The van der Waals surface area contributed by atoms with E-state index < -0.39 is 0 Å². The highest BCUT2D eigenvalue weighted by Gasteiger charge is 2.01. The molecule has 0 saturated carbocycles. The molecule has 0 unspecified atom stereocenters. The first-order valence-electron chi connectivity index (χ1n) is 4.12. The Morgan fingerprint density at radius 3 is 2.92 bits per heavy atom. The van der Waals surface area contributed by atoms with Crippen LogP contribution < -0.4 is 16.0 Å². The topological polar surface area (TPSA) is 47.3 Å². The van der Waals surface area contributed by atoms with Crippen LogP contribution in [0.5, 0.6) is 5.75 Å². The Hall–Kier alpha value is -0.770. The molecular formula is C9H13ClN2O. The van der Waals surface area contributed by atoms with Gasteiger partial charge in [-0.05, 0) is 24.6 Å². The fourth-order valence-corrected chi connectivity index (χ4v) is 1.21. The zero-order valence-electron chi connectivity index (χ0n) is 7.51. The van der Waals surface area contributed by atoms with Crippen LogP contribution in [0.25, 0.3) is 0 Å². The van der Waals surface area contributed by atoms with Gasteiger partial charge in [0.1, 0.15) is 5.75 Å². The first-order valence-corrected chi connectivity index (χ1v) is 4.50. The number of halogens is 1. The lowest BCUT2D eigenvalue weighted by Gasteiger charge is -2.07. The van der Waals surface area contributed by atoms with E-state index in [1.54, 1.807) is 6.07 Å². The van der Waals surface area contributed by atoms with Crippen LogP contribution in [0.2, 0.25) is 5.02 Å². The highest BCUT2D eigenvalue weighted by Crippen LogP contribution is 2.25. The van der Waals surface area contributed by atoms with Gasteiger partial charge in [-0.15, -0.1) is 0 Å². The molecule has 0 aliphatic rings. The van der Waals surface area contributed by atoms with Gasteiger partial charge < -0.3 is 4.74 Å². The molecule has 0 radical (unpaired) electrons. The molecule has 0 spiro atoms. The molecule has 0 aromatic heterocycles. The Morgan fingerprint density at radius 1 is 1.54 bits per heavy atom. The van der Waals surface area contributed by atoms with Crippen LogP contribution in [0.3, 0.4) is 0 Å². The van der Waals surface area contributed by atoms with Gasteiger partial charge in [-0.1, -0.05) is 17.7 Å². The number of hydrazine groups is 1. The molecule has 3 N–H and O–H groups in total. The molecule has 72 valence electrons. The Morgan fingerprint density at radius 2 is 2.31 bits per heavy atom. The Bertz CT molecular complexity index is 278. The molecule has 1 aromatic rings. The smallest absolute Gasteiger partial charge is 0.138 e. The third-order valence-electron chi connectivity index (χ3n) is 1.60. The van der Waals surface area contributed by atoms with Gasteiger partial charge in [0.15, 0.2) is 0 Å². The summed E-state index contributed by atoms with van der Waals surface area (Å²) in [6.07, 6.45) is 0. The van der Waals surface area contributed by atoms with Crippen LogP contribution in [0, 0.1) is 0 Å². The maximum Gasteiger partial charge on any atom is 0.138 e. The summed E-state index contributed by atoms with van der Waals surface area (Å²) < 4.78 is 5.32. The molecule has 0 aliphatic heterocycles.